The SMILES string of the molecule is NNc1nc(Cc2ccccn2)nc2c1CCC2. The number of hydrazine groups is 1. The highest BCUT2D eigenvalue weighted by molar-refractivity contribution is 5.48. The Morgan fingerprint density at radius 1 is 1.22 bits per heavy atom. The van der Waals surface area contributed by atoms with Crippen molar-refractivity contribution in [3.63, 3.8) is 0 Å². The molecule has 3 rings (SSSR count). The van der Waals surface area contributed by atoms with Gasteiger partial charge in [-0.3, -0.25) is 4.98 Å². The van der Waals surface area contributed by atoms with Gasteiger partial charge in [-0.05, 0) is 31.4 Å². The van der Waals surface area contributed by atoms with Crippen molar-refractivity contribution in [2.75, 3.05) is 5.43 Å². The van der Waals surface area contributed by atoms with Gasteiger partial charge in [-0.25, -0.2) is 15.8 Å². The molecule has 0 unspecified atom stereocenters. The first-order valence-corrected chi connectivity index (χ1v) is 6.12. The van der Waals surface area contributed by atoms with Crippen LogP contribution in [0.3, 0.4) is 0 Å². The summed E-state index contributed by atoms with van der Waals surface area (Å²) in [6, 6.07) is 5.85. The minimum atomic E-state index is 0.642. The van der Waals surface area contributed by atoms with E-state index in [4.69, 9.17) is 5.84 Å². The Hall–Kier alpha value is -2.01. The van der Waals surface area contributed by atoms with E-state index in [2.05, 4.69) is 20.4 Å². The van der Waals surface area contributed by atoms with Gasteiger partial charge in [0.15, 0.2) is 0 Å². The number of nitrogens with zero attached hydrogens (tertiary/aromatic N) is 3. The number of hydrogen-bond acceptors (Lipinski definition) is 5. The first-order chi connectivity index (χ1) is 8.86. The monoisotopic (exact) mass is 241 g/mol. The quantitative estimate of drug-likeness (QED) is 0.624. The Kier molecular flexibility index (Phi) is 2.90. The molecule has 1 aliphatic rings. The van der Waals surface area contributed by atoms with Crippen LogP contribution in [0.15, 0.2) is 24.4 Å². The summed E-state index contributed by atoms with van der Waals surface area (Å²) in [4.78, 5) is 13.4. The summed E-state index contributed by atoms with van der Waals surface area (Å²) in [6.45, 7) is 0. The molecule has 0 saturated carbocycles. The summed E-state index contributed by atoms with van der Waals surface area (Å²) in [6.07, 6.45) is 5.58. The maximum absolute atomic E-state index is 5.53. The van der Waals surface area contributed by atoms with Crippen LogP contribution in [-0.2, 0) is 19.3 Å². The van der Waals surface area contributed by atoms with Crippen molar-refractivity contribution in [2.24, 2.45) is 5.84 Å². The zero-order chi connectivity index (χ0) is 12.4. The van der Waals surface area contributed by atoms with E-state index < -0.39 is 0 Å². The van der Waals surface area contributed by atoms with Crippen LogP contribution in [-0.4, -0.2) is 15.0 Å². The van der Waals surface area contributed by atoms with Crippen molar-refractivity contribution < 1.29 is 0 Å². The minimum Gasteiger partial charge on any atom is -0.308 e. The lowest BCUT2D eigenvalue weighted by Gasteiger charge is -2.08. The summed E-state index contributed by atoms with van der Waals surface area (Å²) in [5, 5.41) is 0. The molecule has 2 heterocycles. The van der Waals surface area contributed by atoms with E-state index in [0.717, 1.165) is 42.3 Å². The van der Waals surface area contributed by atoms with Gasteiger partial charge in [0.1, 0.15) is 11.6 Å². The molecule has 0 atom stereocenters. The van der Waals surface area contributed by atoms with Crippen LogP contribution in [0.25, 0.3) is 0 Å². The van der Waals surface area contributed by atoms with Crippen molar-refractivity contribution in [1.82, 2.24) is 15.0 Å². The highest BCUT2D eigenvalue weighted by atomic mass is 15.3. The van der Waals surface area contributed by atoms with Gasteiger partial charge in [0.25, 0.3) is 0 Å². The van der Waals surface area contributed by atoms with E-state index >= 15 is 0 Å². The Balaban J connectivity index is 1.94. The maximum Gasteiger partial charge on any atom is 0.147 e. The summed E-state index contributed by atoms with van der Waals surface area (Å²) in [5.74, 6) is 7.08. The number of aromatic nitrogens is 3. The molecule has 0 aliphatic heterocycles. The van der Waals surface area contributed by atoms with Gasteiger partial charge in [-0.2, -0.15) is 0 Å². The Bertz CT molecular complexity index is 553. The standard InChI is InChI=1S/C13H15N5/c14-18-13-10-5-3-6-11(10)16-12(17-13)8-9-4-1-2-7-15-9/h1-2,4,7H,3,5-6,8,14H2,(H,16,17,18). The van der Waals surface area contributed by atoms with Crippen molar-refractivity contribution in [3.8, 4) is 0 Å². The maximum atomic E-state index is 5.53. The number of hydrogen-bond donors (Lipinski definition) is 2. The number of anilines is 1. The smallest absolute Gasteiger partial charge is 0.147 e. The highest BCUT2D eigenvalue weighted by Gasteiger charge is 2.18. The average Bonchev–Trinajstić information content (AvgIpc) is 2.87. The predicted molar refractivity (Wildman–Crippen MR) is 68.9 cm³/mol. The highest BCUT2D eigenvalue weighted by Crippen LogP contribution is 2.25. The molecular weight excluding hydrogens is 226 g/mol. The van der Waals surface area contributed by atoms with E-state index in [1.807, 2.05) is 18.2 Å². The topological polar surface area (TPSA) is 76.7 Å². The summed E-state index contributed by atoms with van der Waals surface area (Å²) >= 11 is 0. The number of pyridine rings is 1. The van der Waals surface area contributed by atoms with Gasteiger partial charge in [-0.15, -0.1) is 0 Å². The molecule has 2 aromatic heterocycles. The minimum absolute atomic E-state index is 0.642. The lowest BCUT2D eigenvalue weighted by molar-refractivity contribution is 0.878. The molecule has 18 heavy (non-hydrogen) atoms. The molecule has 0 radical (unpaired) electrons. The van der Waals surface area contributed by atoms with Crippen molar-refractivity contribution in [2.45, 2.75) is 25.7 Å². The number of nitrogens with one attached hydrogen (secondary N) is 1. The molecule has 1 aliphatic carbocycles. The van der Waals surface area contributed by atoms with Crippen molar-refractivity contribution in [3.05, 3.63) is 47.2 Å². The third-order valence-corrected chi connectivity index (χ3v) is 3.18. The molecule has 0 aromatic carbocycles. The van der Waals surface area contributed by atoms with Crippen LogP contribution in [0, 0.1) is 0 Å². The van der Waals surface area contributed by atoms with Gasteiger partial charge >= 0.3 is 0 Å². The van der Waals surface area contributed by atoms with E-state index in [-0.39, 0.29) is 0 Å². The van der Waals surface area contributed by atoms with E-state index in [0.29, 0.717) is 6.42 Å². The Morgan fingerprint density at radius 3 is 2.94 bits per heavy atom. The fourth-order valence-electron chi connectivity index (χ4n) is 2.35. The van der Waals surface area contributed by atoms with Crippen LogP contribution in [0.5, 0.6) is 0 Å². The van der Waals surface area contributed by atoms with Gasteiger partial charge in [-0.1, -0.05) is 6.07 Å². The second-order valence-corrected chi connectivity index (χ2v) is 4.41. The lowest BCUT2D eigenvalue weighted by atomic mass is 10.2. The molecule has 0 amide bonds. The third kappa shape index (κ3) is 2.04. The van der Waals surface area contributed by atoms with Crippen molar-refractivity contribution in [1.29, 1.82) is 0 Å². The molecular formula is C13H15N5. The molecule has 0 fully saturated rings. The molecule has 0 bridgehead atoms. The predicted octanol–water partition coefficient (Wildman–Crippen LogP) is 1.24. The Morgan fingerprint density at radius 2 is 2.17 bits per heavy atom. The summed E-state index contributed by atoms with van der Waals surface area (Å²) in [7, 11) is 0. The molecule has 92 valence electrons. The van der Waals surface area contributed by atoms with Gasteiger partial charge in [0.2, 0.25) is 0 Å². The number of fused-ring (bicyclic) bond motifs is 1. The normalized spacial score (nSPS) is 13.4. The van der Waals surface area contributed by atoms with Gasteiger partial charge in [0.05, 0.1) is 6.42 Å². The number of rotatable bonds is 3. The summed E-state index contributed by atoms with van der Waals surface area (Å²) in [5.41, 5.74) is 5.95. The zero-order valence-electron chi connectivity index (χ0n) is 10.1. The van der Waals surface area contributed by atoms with Crippen LogP contribution in [0.4, 0.5) is 5.82 Å². The van der Waals surface area contributed by atoms with Crippen LogP contribution < -0.4 is 11.3 Å². The van der Waals surface area contributed by atoms with Crippen molar-refractivity contribution >= 4 is 5.82 Å². The second-order valence-electron chi connectivity index (χ2n) is 4.41. The number of nitrogen functional groups attached to an aromatic ring is 1. The largest absolute Gasteiger partial charge is 0.308 e. The lowest BCUT2D eigenvalue weighted by Crippen LogP contribution is -2.14. The fourth-order valence-corrected chi connectivity index (χ4v) is 2.35. The van der Waals surface area contributed by atoms with Crippen LogP contribution in [0.2, 0.25) is 0 Å². The second kappa shape index (κ2) is 4.70. The number of aryl methyl sites for hydroxylation is 1. The molecule has 5 nitrogen and oxygen atoms in total. The van der Waals surface area contributed by atoms with E-state index in [1.165, 1.54) is 5.56 Å². The van der Waals surface area contributed by atoms with Gasteiger partial charge in [0, 0.05) is 23.1 Å². The molecule has 0 spiro atoms. The molecule has 5 heteroatoms. The number of nitrogens with two attached hydrogens (primary N) is 1. The van der Waals surface area contributed by atoms with E-state index in [9.17, 15) is 0 Å². The Labute approximate surface area is 105 Å². The van der Waals surface area contributed by atoms with Crippen LogP contribution in [0.1, 0.15) is 29.2 Å². The first-order valence-electron chi connectivity index (χ1n) is 6.12. The zero-order valence-corrected chi connectivity index (χ0v) is 10.1. The van der Waals surface area contributed by atoms with E-state index in [1.54, 1.807) is 6.20 Å². The third-order valence-electron chi connectivity index (χ3n) is 3.18. The van der Waals surface area contributed by atoms with Gasteiger partial charge < -0.3 is 5.43 Å². The summed E-state index contributed by atoms with van der Waals surface area (Å²) < 4.78 is 0. The molecule has 0 saturated heterocycles. The fraction of sp³-hybridized carbons (Fsp3) is 0.308. The first kappa shape index (κ1) is 11.1. The average molecular weight is 241 g/mol. The molecule has 3 N–H and O–H groups in total. The van der Waals surface area contributed by atoms with Crippen LogP contribution >= 0.6 is 0 Å². The molecule has 2 aromatic rings.